The summed E-state index contributed by atoms with van der Waals surface area (Å²) in [6.07, 6.45) is 7.49. The lowest BCUT2D eigenvalue weighted by atomic mass is 9.77. The number of nitrogens with zero attached hydrogens (tertiary/aromatic N) is 1. The van der Waals surface area contributed by atoms with Crippen molar-refractivity contribution in [2.24, 2.45) is 10.9 Å². The molecule has 3 rings (SSSR count). The van der Waals surface area contributed by atoms with Gasteiger partial charge in [0.15, 0.2) is 0 Å². The first kappa shape index (κ1) is 12.5. The third kappa shape index (κ3) is 2.21. The van der Waals surface area contributed by atoms with Crippen molar-refractivity contribution < 1.29 is 9.84 Å². The first-order valence-electron chi connectivity index (χ1n) is 6.97. The highest BCUT2D eigenvalue weighted by Gasteiger charge is 2.41. The van der Waals surface area contributed by atoms with Crippen molar-refractivity contribution in [3.05, 3.63) is 29.3 Å². The number of fused-ring (bicyclic) bond motifs is 1. The summed E-state index contributed by atoms with van der Waals surface area (Å²) in [6.45, 7) is 0. The van der Waals surface area contributed by atoms with E-state index < -0.39 is 6.10 Å². The molecule has 0 saturated heterocycles. The van der Waals surface area contributed by atoms with Crippen molar-refractivity contribution in [2.75, 3.05) is 0 Å². The van der Waals surface area contributed by atoms with E-state index in [0.29, 0.717) is 6.42 Å². The van der Waals surface area contributed by atoms with Crippen molar-refractivity contribution >= 4 is 6.21 Å². The van der Waals surface area contributed by atoms with E-state index in [1.54, 1.807) is 6.21 Å². The molecule has 0 aromatic heterocycles. The Kier molecular flexibility index (Phi) is 3.19. The van der Waals surface area contributed by atoms with Crippen LogP contribution in [0.3, 0.4) is 0 Å². The predicted octanol–water partition coefficient (Wildman–Crippen LogP) is 2.50. The number of hydrazone groups is 1. The van der Waals surface area contributed by atoms with E-state index in [9.17, 15) is 5.11 Å². The zero-order chi connectivity index (χ0) is 13.3. The summed E-state index contributed by atoms with van der Waals surface area (Å²) in [4.78, 5) is 0. The first-order chi connectivity index (χ1) is 9.24. The van der Waals surface area contributed by atoms with Gasteiger partial charge in [-0.05, 0) is 31.7 Å². The molecular formula is C15H20N2O2. The number of hydrogen-bond donors (Lipinski definition) is 2. The van der Waals surface area contributed by atoms with E-state index in [1.807, 2.05) is 18.2 Å². The van der Waals surface area contributed by atoms with Crippen LogP contribution < -0.4 is 10.6 Å². The highest BCUT2D eigenvalue weighted by molar-refractivity contribution is 5.83. The van der Waals surface area contributed by atoms with E-state index in [2.05, 4.69) is 5.10 Å². The number of ether oxygens (including phenoxy) is 1. The molecule has 0 amide bonds. The van der Waals surface area contributed by atoms with Crippen LogP contribution in [0.5, 0.6) is 5.75 Å². The van der Waals surface area contributed by atoms with Crippen molar-refractivity contribution in [2.45, 2.75) is 50.2 Å². The minimum Gasteiger partial charge on any atom is -0.487 e. The number of aliphatic hydroxyl groups is 1. The van der Waals surface area contributed by atoms with Crippen LogP contribution in [0.4, 0.5) is 0 Å². The average Bonchev–Trinajstić information content (AvgIpc) is 2.39. The van der Waals surface area contributed by atoms with Crippen LogP contribution >= 0.6 is 0 Å². The maximum atomic E-state index is 10.5. The van der Waals surface area contributed by atoms with Crippen LogP contribution in [0, 0.1) is 0 Å². The lowest BCUT2D eigenvalue weighted by Gasteiger charge is -2.43. The average molecular weight is 260 g/mol. The van der Waals surface area contributed by atoms with E-state index in [4.69, 9.17) is 10.6 Å². The van der Waals surface area contributed by atoms with Gasteiger partial charge in [-0.1, -0.05) is 18.6 Å². The summed E-state index contributed by atoms with van der Waals surface area (Å²) >= 11 is 0. The fourth-order valence-electron chi connectivity index (χ4n) is 3.43. The molecule has 1 fully saturated rings. The number of nitrogens with two attached hydrogens (primary N) is 1. The molecule has 3 N–H and O–H groups in total. The van der Waals surface area contributed by atoms with Gasteiger partial charge in [0.05, 0.1) is 12.3 Å². The maximum Gasteiger partial charge on any atom is 0.126 e. The largest absolute Gasteiger partial charge is 0.487 e. The Balaban J connectivity index is 1.98. The van der Waals surface area contributed by atoms with Crippen molar-refractivity contribution in [1.29, 1.82) is 0 Å². The normalized spacial score (nSPS) is 25.2. The van der Waals surface area contributed by atoms with E-state index in [1.165, 1.54) is 19.3 Å². The third-order valence-electron chi connectivity index (χ3n) is 4.30. The highest BCUT2D eigenvalue weighted by atomic mass is 16.5. The van der Waals surface area contributed by atoms with Crippen LogP contribution in [-0.2, 0) is 0 Å². The molecule has 1 aromatic rings. The van der Waals surface area contributed by atoms with Crippen LogP contribution in [-0.4, -0.2) is 16.9 Å². The fraction of sp³-hybridized carbons (Fsp3) is 0.533. The Bertz CT molecular complexity index is 493. The van der Waals surface area contributed by atoms with Crippen molar-refractivity contribution in [3.63, 3.8) is 0 Å². The molecule has 1 spiro atoms. The molecule has 4 nitrogen and oxygen atoms in total. The molecule has 1 aliphatic carbocycles. The standard InChI is InChI=1S/C15H20N2O2/c16-17-10-11-5-4-6-13-14(11)12(18)9-15(19-13)7-2-1-3-8-15/h4-6,10,12,18H,1-3,7-9,16H2/b17-10+. The Hall–Kier alpha value is -1.55. The monoisotopic (exact) mass is 260 g/mol. The zero-order valence-corrected chi connectivity index (χ0v) is 11.0. The number of rotatable bonds is 1. The Labute approximate surface area is 113 Å². The summed E-state index contributed by atoms with van der Waals surface area (Å²) in [5.41, 5.74) is 1.51. The molecule has 1 unspecified atom stereocenters. The summed E-state index contributed by atoms with van der Waals surface area (Å²) < 4.78 is 6.26. The van der Waals surface area contributed by atoms with Crippen LogP contribution in [0.1, 0.15) is 55.8 Å². The van der Waals surface area contributed by atoms with E-state index in [-0.39, 0.29) is 5.60 Å². The Morgan fingerprint density at radius 3 is 2.84 bits per heavy atom. The molecule has 0 bridgehead atoms. The van der Waals surface area contributed by atoms with Gasteiger partial charge in [-0.2, -0.15) is 5.10 Å². The summed E-state index contributed by atoms with van der Waals surface area (Å²) in [7, 11) is 0. The molecular weight excluding hydrogens is 240 g/mol. The van der Waals surface area contributed by atoms with Gasteiger partial charge >= 0.3 is 0 Å². The van der Waals surface area contributed by atoms with Gasteiger partial charge in [0.1, 0.15) is 11.4 Å². The Morgan fingerprint density at radius 1 is 1.32 bits per heavy atom. The molecule has 102 valence electrons. The minimum atomic E-state index is -0.490. The van der Waals surface area contributed by atoms with Gasteiger partial charge in [-0.3, -0.25) is 0 Å². The SMILES string of the molecule is N/N=C/c1cccc2c1C(O)CC1(CCCCC1)O2. The quantitative estimate of drug-likeness (QED) is 0.463. The smallest absolute Gasteiger partial charge is 0.126 e. The maximum absolute atomic E-state index is 10.5. The second-order valence-corrected chi connectivity index (χ2v) is 5.60. The van der Waals surface area contributed by atoms with Crippen LogP contribution in [0.15, 0.2) is 23.3 Å². The molecule has 1 heterocycles. The first-order valence-corrected chi connectivity index (χ1v) is 6.97. The summed E-state index contributed by atoms with van der Waals surface area (Å²) in [5, 5.41) is 14.1. The van der Waals surface area contributed by atoms with E-state index in [0.717, 1.165) is 29.7 Å². The highest BCUT2D eigenvalue weighted by Crippen LogP contribution is 2.46. The summed E-state index contributed by atoms with van der Waals surface area (Å²) in [5.74, 6) is 6.01. The lowest BCUT2D eigenvalue weighted by molar-refractivity contribution is -0.0381. The minimum absolute atomic E-state index is 0.164. The van der Waals surface area contributed by atoms with Crippen molar-refractivity contribution in [1.82, 2.24) is 0 Å². The number of hydrogen-bond acceptors (Lipinski definition) is 4. The van der Waals surface area contributed by atoms with Crippen LogP contribution in [0.2, 0.25) is 0 Å². The van der Waals surface area contributed by atoms with Gasteiger partial charge in [0.25, 0.3) is 0 Å². The van der Waals surface area contributed by atoms with Gasteiger partial charge < -0.3 is 15.7 Å². The molecule has 19 heavy (non-hydrogen) atoms. The third-order valence-corrected chi connectivity index (χ3v) is 4.30. The molecule has 0 radical (unpaired) electrons. The Morgan fingerprint density at radius 2 is 2.11 bits per heavy atom. The topological polar surface area (TPSA) is 67.8 Å². The van der Waals surface area contributed by atoms with Crippen molar-refractivity contribution in [3.8, 4) is 5.75 Å². The number of benzene rings is 1. The lowest BCUT2D eigenvalue weighted by Crippen LogP contribution is -2.43. The molecule has 4 heteroatoms. The van der Waals surface area contributed by atoms with Gasteiger partial charge in [0, 0.05) is 17.5 Å². The second-order valence-electron chi connectivity index (χ2n) is 5.60. The molecule has 1 aromatic carbocycles. The van der Waals surface area contributed by atoms with Crippen LogP contribution in [0.25, 0.3) is 0 Å². The molecule has 1 aliphatic heterocycles. The van der Waals surface area contributed by atoms with Gasteiger partial charge in [0.2, 0.25) is 0 Å². The number of aliphatic hydroxyl groups excluding tert-OH is 1. The fourth-order valence-corrected chi connectivity index (χ4v) is 3.43. The zero-order valence-electron chi connectivity index (χ0n) is 11.0. The summed E-state index contributed by atoms with van der Waals surface area (Å²) in [6, 6.07) is 5.76. The predicted molar refractivity (Wildman–Crippen MR) is 74.2 cm³/mol. The van der Waals surface area contributed by atoms with Gasteiger partial charge in [-0.25, -0.2) is 0 Å². The van der Waals surface area contributed by atoms with Gasteiger partial charge in [-0.15, -0.1) is 0 Å². The molecule has 2 aliphatic rings. The molecule has 1 saturated carbocycles. The second kappa shape index (κ2) is 4.85. The van der Waals surface area contributed by atoms with E-state index >= 15 is 0 Å². The molecule has 1 atom stereocenters.